The van der Waals surface area contributed by atoms with Gasteiger partial charge in [0.2, 0.25) is 0 Å². The van der Waals surface area contributed by atoms with Crippen LogP contribution in [0.15, 0.2) is 58.7 Å². The van der Waals surface area contributed by atoms with Crippen LogP contribution in [0.25, 0.3) is 5.69 Å². The molecule has 0 radical (unpaired) electrons. The Labute approximate surface area is 119 Å². The number of nitrogens with one attached hydrogen (secondary N) is 3. The van der Waals surface area contributed by atoms with E-state index in [0.29, 0.717) is 11.4 Å². The normalized spacial score (nSPS) is 11.4. The summed E-state index contributed by atoms with van der Waals surface area (Å²) in [6.45, 7) is 0. The zero-order chi connectivity index (χ0) is 14.9. The van der Waals surface area contributed by atoms with E-state index in [0.717, 1.165) is 0 Å². The van der Waals surface area contributed by atoms with Crippen LogP contribution in [0.1, 0.15) is 0 Å². The molecule has 8 nitrogen and oxygen atoms in total. The van der Waals surface area contributed by atoms with Crippen molar-refractivity contribution in [2.24, 2.45) is 0 Å². The molecule has 1 aromatic carbocycles. The Morgan fingerprint density at radius 2 is 1.95 bits per heavy atom. The fraction of sp³-hybridized carbons (Fsp3) is 0. The number of aromatic nitrogens is 4. The smallest absolute Gasteiger partial charge is 0.312 e. The first-order chi connectivity index (χ1) is 10.1. The predicted octanol–water partition coefficient (Wildman–Crippen LogP) is 0.689. The fourth-order valence-electron chi connectivity index (χ4n) is 1.81. The molecule has 0 fully saturated rings. The number of benzene rings is 1. The molecule has 9 heteroatoms. The Kier molecular flexibility index (Phi) is 3.10. The number of hydrogen-bond donors (Lipinski definition) is 3. The van der Waals surface area contributed by atoms with Crippen LogP contribution in [0.2, 0.25) is 0 Å². The molecule has 0 aliphatic carbocycles. The summed E-state index contributed by atoms with van der Waals surface area (Å²) < 4.78 is 27.8. The maximum Gasteiger partial charge on any atom is 0.330 e. The molecular weight excluding hydrogens is 294 g/mol. The van der Waals surface area contributed by atoms with E-state index in [2.05, 4.69) is 19.9 Å². The highest BCUT2D eigenvalue weighted by molar-refractivity contribution is 7.92. The van der Waals surface area contributed by atoms with Crippen LogP contribution in [0.4, 0.5) is 5.69 Å². The van der Waals surface area contributed by atoms with Gasteiger partial charge in [-0.2, -0.15) is 5.10 Å². The van der Waals surface area contributed by atoms with Crippen molar-refractivity contribution in [3.8, 4) is 5.69 Å². The summed E-state index contributed by atoms with van der Waals surface area (Å²) in [4.78, 5) is 14.0. The molecule has 0 unspecified atom stereocenters. The van der Waals surface area contributed by atoms with Crippen molar-refractivity contribution >= 4 is 15.7 Å². The average molecular weight is 305 g/mol. The van der Waals surface area contributed by atoms with E-state index >= 15 is 0 Å². The second kappa shape index (κ2) is 4.94. The Bertz CT molecular complexity index is 891. The van der Waals surface area contributed by atoms with Crippen LogP contribution in [0.3, 0.4) is 0 Å². The second-order valence-corrected chi connectivity index (χ2v) is 5.90. The summed E-state index contributed by atoms with van der Waals surface area (Å²) in [5.41, 5.74) is 0.762. The van der Waals surface area contributed by atoms with Gasteiger partial charge in [-0.15, -0.1) is 0 Å². The molecule has 21 heavy (non-hydrogen) atoms. The highest BCUT2D eigenvalue weighted by Crippen LogP contribution is 2.16. The van der Waals surface area contributed by atoms with Gasteiger partial charge in [0, 0.05) is 24.3 Å². The van der Waals surface area contributed by atoms with Crippen molar-refractivity contribution in [2.75, 3.05) is 4.72 Å². The summed E-state index contributed by atoms with van der Waals surface area (Å²) >= 11 is 0. The van der Waals surface area contributed by atoms with Crippen molar-refractivity contribution in [1.82, 2.24) is 19.7 Å². The number of H-pyrrole nitrogens is 2. The minimum absolute atomic E-state index is 0.0495. The lowest BCUT2D eigenvalue weighted by atomic mass is 10.3. The first-order valence-electron chi connectivity index (χ1n) is 5.94. The van der Waals surface area contributed by atoms with Crippen molar-refractivity contribution in [1.29, 1.82) is 0 Å². The van der Waals surface area contributed by atoms with Gasteiger partial charge < -0.3 is 4.98 Å². The number of imidazole rings is 1. The highest BCUT2D eigenvalue weighted by Gasteiger charge is 2.15. The Morgan fingerprint density at radius 1 is 1.19 bits per heavy atom. The molecule has 3 N–H and O–H groups in total. The molecular formula is C12H11N5O3S. The van der Waals surface area contributed by atoms with Crippen molar-refractivity contribution in [3.63, 3.8) is 0 Å². The third kappa shape index (κ3) is 2.58. The van der Waals surface area contributed by atoms with E-state index in [-0.39, 0.29) is 10.6 Å². The highest BCUT2D eigenvalue weighted by atomic mass is 32.2. The van der Waals surface area contributed by atoms with Gasteiger partial charge in [-0.3, -0.25) is 14.4 Å². The van der Waals surface area contributed by atoms with Crippen LogP contribution >= 0.6 is 0 Å². The maximum atomic E-state index is 12.0. The number of sulfonamides is 1. The first-order valence-corrected chi connectivity index (χ1v) is 7.43. The quantitative estimate of drug-likeness (QED) is 0.658. The van der Waals surface area contributed by atoms with Crippen LogP contribution < -0.4 is 10.4 Å². The summed E-state index contributed by atoms with van der Waals surface area (Å²) in [6.07, 6.45) is 5.62. The lowest BCUT2D eigenvalue weighted by Crippen LogP contribution is -2.14. The molecule has 108 valence electrons. The van der Waals surface area contributed by atoms with Crippen LogP contribution in [-0.4, -0.2) is 28.2 Å². The van der Waals surface area contributed by atoms with E-state index < -0.39 is 10.0 Å². The van der Waals surface area contributed by atoms with Crippen LogP contribution in [0.5, 0.6) is 0 Å². The van der Waals surface area contributed by atoms with Crippen LogP contribution in [0, 0.1) is 0 Å². The Hall–Kier alpha value is -2.81. The van der Waals surface area contributed by atoms with Crippen molar-refractivity contribution < 1.29 is 8.42 Å². The summed E-state index contributed by atoms with van der Waals surface area (Å²) in [6, 6.07) is 6.43. The molecule has 0 atom stereocenters. The first kappa shape index (κ1) is 13.2. The van der Waals surface area contributed by atoms with E-state index in [9.17, 15) is 13.2 Å². The van der Waals surface area contributed by atoms with Gasteiger partial charge in [0.15, 0.2) is 0 Å². The van der Waals surface area contributed by atoms with Gasteiger partial charge in [0.05, 0.1) is 11.9 Å². The minimum Gasteiger partial charge on any atom is -0.312 e. The number of aromatic amines is 2. The third-order valence-electron chi connectivity index (χ3n) is 2.83. The topological polar surface area (TPSA) is 113 Å². The van der Waals surface area contributed by atoms with E-state index in [4.69, 9.17) is 0 Å². The molecule has 0 saturated carbocycles. The molecule has 0 aliphatic rings. The Morgan fingerprint density at radius 3 is 2.52 bits per heavy atom. The Balaban J connectivity index is 1.86. The number of hydrogen-bond acceptors (Lipinski definition) is 4. The zero-order valence-corrected chi connectivity index (χ0v) is 11.5. The molecule has 0 bridgehead atoms. The van der Waals surface area contributed by atoms with Gasteiger partial charge in [-0.1, -0.05) is 0 Å². The number of anilines is 1. The summed E-state index contributed by atoms with van der Waals surface area (Å²) in [5.74, 6) is 0. The number of nitrogens with zero attached hydrogens (tertiary/aromatic N) is 2. The number of rotatable bonds is 4. The average Bonchev–Trinajstić information content (AvgIpc) is 3.10. The van der Waals surface area contributed by atoms with Gasteiger partial charge in [-0.25, -0.2) is 13.2 Å². The third-order valence-corrected chi connectivity index (χ3v) is 4.18. The van der Waals surface area contributed by atoms with Gasteiger partial charge in [0.25, 0.3) is 10.0 Å². The molecule has 0 aliphatic heterocycles. The van der Waals surface area contributed by atoms with Crippen LogP contribution in [-0.2, 0) is 10.0 Å². The molecule has 2 aromatic heterocycles. The lowest BCUT2D eigenvalue weighted by molar-refractivity contribution is 0.601. The van der Waals surface area contributed by atoms with Gasteiger partial charge in [-0.05, 0) is 24.3 Å². The molecule has 0 spiro atoms. The SMILES string of the molecule is O=c1[nH]ccn1-c1ccc(NS(=O)(=O)c2cn[nH]c2)cc1. The van der Waals surface area contributed by atoms with Gasteiger partial charge >= 0.3 is 5.69 Å². The molecule has 0 saturated heterocycles. The van der Waals surface area contributed by atoms with E-state index in [1.54, 1.807) is 30.5 Å². The zero-order valence-electron chi connectivity index (χ0n) is 10.6. The standard InChI is InChI=1S/C12H11N5O3S/c18-12-13-5-6-17(12)10-3-1-9(2-4-10)16-21(19,20)11-7-14-15-8-11/h1-8,16H,(H,13,18)(H,14,15). The second-order valence-electron chi connectivity index (χ2n) is 4.22. The summed E-state index contributed by atoms with van der Waals surface area (Å²) in [7, 11) is -3.66. The molecule has 3 aromatic rings. The van der Waals surface area contributed by atoms with Gasteiger partial charge in [0.1, 0.15) is 4.90 Å². The predicted molar refractivity (Wildman–Crippen MR) is 75.8 cm³/mol. The summed E-state index contributed by atoms with van der Waals surface area (Å²) in [5, 5.41) is 6.05. The van der Waals surface area contributed by atoms with Crippen molar-refractivity contribution in [3.05, 3.63) is 59.5 Å². The maximum absolute atomic E-state index is 12.0. The van der Waals surface area contributed by atoms with E-state index in [1.165, 1.54) is 23.2 Å². The molecule has 2 heterocycles. The largest absolute Gasteiger partial charge is 0.330 e. The lowest BCUT2D eigenvalue weighted by Gasteiger charge is -2.07. The molecule has 3 rings (SSSR count). The van der Waals surface area contributed by atoms with E-state index in [1.807, 2.05) is 0 Å². The fourth-order valence-corrected chi connectivity index (χ4v) is 2.78. The van der Waals surface area contributed by atoms with Crippen molar-refractivity contribution in [2.45, 2.75) is 4.90 Å². The monoisotopic (exact) mass is 305 g/mol. The molecule has 0 amide bonds. The minimum atomic E-state index is -3.66.